The summed E-state index contributed by atoms with van der Waals surface area (Å²) in [5.41, 5.74) is 2.57. The zero-order valence-electron chi connectivity index (χ0n) is 12.4. The standard InChI is InChI=1S/C16H23F3N2/c1-13-3-2-4-15(9-13)11-21-8-6-14(10-21)5-7-20-12-16(17,18)19/h2-4,9,14,20H,5-8,10-12H2,1H3. The largest absolute Gasteiger partial charge is 0.401 e. The molecule has 1 saturated heterocycles. The molecule has 2 nitrogen and oxygen atoms in total. The van der Waals surface area contributed by atoms with E-state index in [1.165, 1.54) is 11.1 Å². The first kappa shape index (κ1) is 16.3. The van der Waals surface area contributed by atoms with Crippen molar-refractivity contribution in [3.63, 3.8) is 0 Å². The molecule has 1 N–H and O–H groups in total. The summed E-state index contributed by atoms with van der Waals surface area (Å²) in [6, 6.07) is 8.48. The Morgan fingerprint density at radius 2 is 2.14 bits per heavy atom. The molecule has 1 aliphatic rings. The predicted molar refractivity (Wildman–Crippen MR) is 78.1 cm³/mol. The fraction of sp³-hybridized carbons (Fsp3) is 0.625. The first-order valence-corrected chi connectivity index (χ1v) is 7.48. The van der Waals surface area contributed by atoms with Crippen LogP contribution in [0.3, 0.4) is 0 Å². The summed E-state index contributed by atoms with van der Waals surface area (Å²) < 4.78 is 36.1. The topological polar surface area (TPSA) is 15.3 Å². The molecule has 1 aromatic rings. The molecule has 1 heterocycles. The summed E-state index contributed by atoms with van der Waals surface area (Å²) >= 11 is 0. The van der Waals surface area contributed by atoms with Crippen LogP contribution in [0.1, 0.15) is 24.0 Å². The van der Waals surface area contributed by atoms with Crippen molar-refractivity contribution in [1.82, 2.24) is 10.2 Å². The molecule has 21 heavy (non-hydrogen) atoms. The van der Waals surface area contributed by atoms with Crippen LogP contribution in [-0.4, -0.2) is 37.3 Å². The third kappa shape index (κ3) is 6.06. The van der Waals surface area contributed by atoms with Gasteiger partial charge in [0.2, 0.25) is 0 Å². The molecule has 5 heteroatoms. The van der Waals surface area contributed by atoms with E-state index >= 15 is 0 Å². The van der Waals surface area contributed by atoms with Gasteiger partial charge in [-0.3, -0.25) is 4.90 Å². The molecular formula is C16H23F3N2. The molecule has 1 aromatic carbocycles. The monoisotopic (exact) mass is 300 g/mol. The smallest absolute Gasteiger partial charge is 0.309 e. The second-order valence-electron chi connectivity index (χ2n) is 5.96. The van der Waals surface area contributed by atoms with E-state index in [0.29, 0.717) is 12.5 Å². The summed E-state index contributed by atoms with van der Waals surface area (Å²) in [6.07, 6.45) is -2.20. The summed E-state index contributed by atoms with van der Waals surface area (Å²) in [6.45, 7) is 4.62. The van der Waals surface area contributed by atoms with Crippen LogP contribution in [-0.2, 0) is 6.54 Å². The van der Waals surface area contributed by atoms with E-state index in [4.69, 9.17) is 0 Å². The zero-order valence-corrected chi connectivity index (χ0v) is 12.4. The molecule has 0 aliphatic carbocycles. The minimum atomic E-state index is -4.10. The van der Waals surface area contributed by atoms with Crippen molar-refractivity contribution in [3.8, 4) is 0 Å². The fourth-order valence-corrected chi connectivity index (χ4v) is 2.90. The maximum absolute atomic E-state index is 12.0. The average Bonchev–Trinajstić information content (AvgIpc) is 2.81. The lowest BCUT2D eigenvalue weighted by Crippen LogP contribution is -2.30. The maximum Gasteiger partial charge on any atom is 0.401 e. The molecule has 0 bridgehead atoms. The van der Waals surface area contributed by atoms with E-state index in [1.54, 1.807) is 0 Å². The van der Waals surface area contributed by atoms with Gasteiger partial charge in [-0.15, -0.1) is 0 Å². The number of halogens is 3. The Kier molecular flexibility index (Phi) is 5.65. The van der Waals surface area contributed by atoms with Crippen molar-refractivity contribution in [3.05, 3.63) is 35.4 Å². The molecule has 0 spiro atoms. The summed E-state index contributed by atoms with van der Waals surface area (Å²) in [5.74, 6) is 0.510. The van der Waals surface area contributed by atoms with Crippen molar-refractivity contribution < 1.29 is 13.2 Å². The van der Waals surface area contributed by atoms with Crippen LogP contribution in [0.25, 0.3) is 0 Å². The zero-order chi connectivity index (χ0) is 15.3. The van der Waals surface area contributed by atoms with Crippen LogP contribution in [0.15, 0.2) is 24.3 Å². The van der Waals surface area contributed by atoms with Gasteiger partial charge in [-0.25, -0.2) is 0 Å². The lowest BCUT2D eigenvalue weighted by molar-refractivity contribution is -0.124. The molecule has 1 unspecified atom stereocenters. The van der Waals surface area contributed by atoms with Gasteiger partial charge in [0.1, 0.15) is 0 Å². The highest BCUT2D eigenvalue weighted by Gasteiger charge is 2.27. The Hall–Kier alpha value is -1.07. The van der Waals surface area contributed by atoms with Gasteiger partial charge in [0.25, 0.3) is 0 Å². The van der Waals surface area contributed by atoms with Gasteiger partial charge in [-0.05, 0) is 44.3 Å². The minimum Gasteiger partial charge on any atom is -0.309 e. The van der Waals surface area contributed by atoms with Crippen LogP contribution < -0.4 is 5.32 Å². The van der Waals surface area contributed by atoms with E-state index in [9.17, 15) is 13.2 Å². The minimum absolute atomic E-state index is 0.447. The van der Waals surface area contributed by atoms with Gasteiger partial charge < -0.3 is 5.32 Å². The van der Waals surface area contributed by atoms with Crippen molar-refractivity contribution in [2.45, 2.75) is 32.5 Å². The fourth-order valence-electron chi connectivity index (χ4n) is 2.90. The van der Waals surface area contributed by atoms with Gasteiger partial charge in [0, 0.05) is 13.1 Å². The third-order valence-electron chi connectivity index (χ3n) is 3.91. The number of rotatable bonds is 6. The highest BCUT2D eigenvalue weighted by atomic mass is 19.4. The molecule has 0 radical (unpaired) electrons. The highest BCUT2D eigenvalue weighted by Crippen LogP contribution is 2.21. The number of aryl methyl sites for hydroxylation is 1. The first-order valence-electron chi connectivity index (χ1n) is 7.48. The Morgan fingerprint density at radius 3 is 2.86 bits per heavy atom. The van der Waals surface area contributed by atoms with Crippen LogP contribution in [0, 0.1) is 12.8 Å². The van der Waals surface area contributed by atoms with Crippen LogP contribution >= 0.6 is 0 Å². The van der Waals surface area contributed by atoms with Gasteiger partial charge in [0.05, 0.1) is 6.54 Å². The van der Waals surface area contributed by atoms with E-state index in [0.717, 1.165) is 32.5 Å². The normalized spacial score (nSPS) is 20.1. The number of nitrogens with one attached hydrogen (secondary N) is 1. The molecule has 1 aliphatic heterocycles. The quantitative estimate of drug-likeness (QED) is 0.811. The SMILES string of the molecule is Cc1cccc(CN2CCC(CCNCC(F)(F)F)C2)c1. The lowest BCUT2D eigenvalue weighted by atomic mass is 10.1. The second kappa shape index (κ2) is 7.27. The second-order valence-corrected chi connectivity index (χ2v) is 5.96. The number of alkyl halides is 3. The Labute approximate surface area is 124 Å². The first-order chi connectivity index (χ1) is 9.92. The van der Waals surface area contributed by atoms with Gasteiger partial charge in [-0.2, -0.15) is 13.2 Å². The lowest BCUT2D eigenvalue weighted by Gasteiger charge is -2.16. The number of likely N-dealkylation sites (tertiary alicyclic amines) is 1. The molecule has 1 atom stereocenters. The van der Waals surface area contributed by atoms with Gasteiger partial charge in [0.15, 0.2) is 0 Å². The number of nitrogens with zero attached hydrogens (tertiary/aromatic N) is 1. The summed E-state index contributed by atoms with van der Waals surface area (Å²) in [4.78, 5) is 2.39. The highest BCUT2D eigenvalue weighted by molar-refractivity contribution is 5.22. The van der Waals surface area contributed by atoms with Crippen LogP contribution in [0.4, 0.5) is 13.2 Å². The van der Waals surface area contributed by atoms with Crippen LogP contribution in [0.2, 0.25) is 0 Å². The van der Waals surface area contributed by atoms with Crippen molar-refractivity contribution in [2.75, 3.05) is 26.2 Å². The van der Waals surface area contributed by atoms with Crippen molar-refractivity contribution in [1.29, 1.82) is 0 Å². The van der Waals surface area contributed by atoms with E-state index in [1.807, 2.05) is 0 Å². The molecular weight excluding hydrogens is 277 g/mol. The third-order valence-corrected chi connectivity index (χ3v) is 3.91. The molecule has 1 fully saturated rings. The van der Waals surface area contributed by atoms with E-state index in [-0.39, 0.29) is 0 Å². The summed E-state index contributed by atoms with van der Waals surface area (Å²) in [5, 5.41) is 2.48. The number of hydrogen-bond donors (Lipinski definition) is 1. The Bertz CT molecular complexity index is 445. The van der Waals surface area contributed by atoms with Crippen molar-refractivity contribution in [2.24, 2.45) is 5.92 Å². The van der Waals surface area contributed by atoms with E-state index in [2.05, 4.69) is 41.4 Å². The Morgan fingerprint density at radius 1 is 1.33 bits per heavy atom. The molecule has 118 valence electrons. The molecule has 0 saturated carbocycles. The van der Waals surface area contributed by atoms with Gasteiger partial charge in [-0.1, -0.05) is 29.8 Å². The Balaban J connectivity index is 1.67. The summed E-state index contributed by atoms with van der Waals surface area (Å²) in [7, 11) is 0. The predicted octanol–water partition coefficient (Wildman–Crippen LogP) is 3.36. The number of hydrogen-bond acceptors (Lipinski definition) is 2. The average molecular weight is 300 g/mol. The number of benzene rings is 1. The van der Waals surface area contributed by atoms with Crippen molar-refractivity contribution >= 4 is 0 Å². The molecule has 2 rings (SSSR count). The maximum atomic E-state index is 12.0. The molecule has 0 aromatic heterocycles. The van der Waals surface area contributed by atoms with Gasteiger partial charge >= 0.3 is 6.18 Å². The molecule has 0 amide bonds. The van der Waals surface area contributed by atoms with E-state index < -0.39 is 12.7 Å². The van der Waals surface area contributed by atoms with Crippen LogP contribution in [0.5, 0.6) is 0 Å².